The van der Waals surface area contributed by atoms with Crippen LogP contribution in [-0.2, 0) is 32.5 Å². The number of piperidine rings is 1. The van der Waals surface area contributed by atoms with Gasteiger partial charge in [0.2, 0.25) is 10.0 Å². The van der Waals surface area contributed by atoms with Gasteiger partial charge in [0.05, 0.1) is 17.2 Å². The van der Waals surface area contributed by atoms with Gasteiger partial charge in [-0.25, -0.2) is 12.4 Å². The Morgan fingerprint density at radius 2 is 1.89 bits per heavy atom. The van der Waals surface area contributed by atoms with Crippen molar-refractivity contribution >= 4 is 45.2 Å². The maximum absolute atomic E-state index is 13.3. The number of halogens is 1. The van der Waals surface area contributed by atoms with Crippen LogP contribution in [0, 0.1) is 5.92 Å². The van der Waals surface area contributed by atoms with Gasteiger partial charge in [0.1, 0.15) is 0 Å². The van der Waals surface area contributed by atoms with Crippen LogP contribution in [0.5, 0.6) is 0 Å². The fraction of sp³-hybridized carbons (Fsp3) is 0.600. The number of likely N-dealkylation sites (tertiary alicyclic amines) is 1. The van der Waals surface area contributed by atoms with Gasteiger partial charge in [-0.05, 0) is 56.4 Å². The lowest BCUT2D eigenvalue weighted by molar-refractivity contribution is -0.143. The Morgan fingerprint density at radius 3 is 2.58 bits per heavy atom. The molecule has 0 saturated carbocycles. The number of hydrogen-bond donors (Lipinski definition) is 1. The summed E-state index contributed by atoms with van der Waals surface area (Å²) < 4.78 is 33.2. The van der Waals surface area contributed by atoms with Gasteiger partial charge in [-0.15, -0.1) is 12.4 Å². The molecule has 3 aliphatic rings. The van der Waals surface area contributed by atoms with Crippen molar-refractivity contribution in [3.05, 3.63) is 35.0 Å². The van der Waals surface area contributed by atoms with Gasteiger partial charge in [0.25, 0.3) is 5.91 Å². The minimum absolute atomic E-state index is 0. The normalized spacial score (nSPS) is 21.7. The van der Waals surface area contributed by atoms with E-state index in [4.69, 9.17) is 4.74 Å². The number of fused-ring (bicyclic) bond motifs is 3. The van der Waals surface area contributed by atoms with E-state index in [1.807, 2.05) is 6.07 Å². The molecule has 1 N–H and O–H groups in total. The number of hydrogen-bond acceptors (Lipinski definition) is 6. The fourth-order valence-electron chi connectivity index (χ4n) is 5.83. The number of rotatable bonds is 5. The summed E-state index contributed by atoms with van der Waals surface area (Å²) in [7, 11) is -3.52. The SMILES string of the molecule is CCS(=O)(=O)n1c2c(c3cc(C(=O)N4CCC[C@H](C(=O)O)C4)ccc31)CN(C1CCOCC1)CC2.Cl. The van der Waals surface area contributed by atoms with E-state index in [9.17, 15) is 23.1 Å². The molecular formula is C25H34ClN3O6S. The second-order valence-electron chi connectivity index (χ2n) is 9.81. The molecule has 0 unspecified atom stereocenters. The summed E-state index contributed by atoms with van der Waals surface area (Å²) in [5.41, 5.74) is 2.88. The summed E-state index contributed by atoms with van der Waals surface area (Å²) in [4.78, 5) is 28.8. The minimum Gasteiger partial charge on any atom is -0.481 e. The van der Waals surface area contributed by atoms with Crippen molar-refractivity contribution in [1.29, 1.82) is 0 Å². The summed E-state index contributed by atoms with van der Waals surface area (Å²) in [6.45, 7) is 5.30. The van der Waals surface area contributed by atoms with Crippen molar-refractivity contribution in [2.24, 2.45) is 5.92 Å². The second kappa shape index (κ2) is 10.7. The maximum atomic E-state index is 13.3. The van der Waals surface area contributed by atoms with E-state index in [0.29, 0.717) is 49.5 Å². The van der Waals surface area contributed by atoms with Crippen molar-refractivity contribution in [2.75, 3.05) is 38.6 Å². The fourth-order valence-corrected chi connectivity index (χ4v) is 7.08. The van der Waals surface area contributed by atoms with E-state index in [2.05, 4.69) is 4.90 Å². The van der Waals surface area contributed by atoms with Gasteiger partial charge in [0, 0.05) is 68.5 Å². The van der Waals surface area contributed by atoms with Gasteiger partial charge in [0.15, 0.2) is 0 Å². The zero-order valence-electron chi connectivity index (χ0n) is 20.5. The number of ether oxygens (including phenoxy) is 1. The van der Waals surface area contributed by atoms with E-state index in [1.54, 1.807) is 24.0 Å². The van der Waals surface area contributed by atoms with Crippen LogP contribution < -0.4 is 0 Å². The molecule has 0 spiro atoms. The van der Waals surface area contributed by atoms with Gasteiger partial charge in [-0.3, -0.25) is 14.5 Å². The lowest BCUT2D eigenvalue weighted by atomic mass is 9.97. The first-order valence-electron chi connectivity index (χ1n) is 12.5. The molecule has 0 aliphatic carbocycles. The summed E-state index contributed by atoms with van der Waals surface area (Å²) in [5, 5.41) is 10.2. The number of carboxylic acids is 1. The van der Waals surface area contributed by atoms with Crippen LogP contribution in [-0.4, -0.2) is 83.8 Å². The zero-order valence-corrected chi connectivity index (χ0v) is 22.2. The molecule has 1 atom stereocenters. The van der Waals surface area contributed by atoms with Crippen LogP contribution in [0.3, 0.4) is 0 Å². The first-order chi connectivity index (χ1) is 16.8. The summed E-state index contributed by atoms with van der Waals surface area (Å²) in [6.07, 6.45) is 3.79. The van der Waals surface area contributed by atoms with Crippen molar-refractivity contribution in [3.63, 3.8) is 0 Å². The number of carbonyl (C=O) groups is 2. The van der Waals surface area contributed by atoms with Crippen LogP contribution in [0.1, 0.15) is 54.2 Å². The van der Waals surface area contributed by atoms with E-state index in [1.165, 1.54) is 3.97 Å². The van der Waals surface area contributed by atoms with E-state index >= 15 is 0 Å². The molecule has 1 amide bonds. The quantitative estimate of drug-likeness (QED) is 0.622. The number of benzene rings is 1. The molecule has 4 heterocycles. The maximum Gasteiger partial charge on any atom is 0.308 e. The third-order valence-electron chi connectivity index (χ3n) is 7.79. The van der Waals surface area contributed by atoms with Crippen molar-refractivity contribution in [1.82, 2.24) is 13.8 Å². The second-order valence-corrected chi connectivity index (χ2v) is 11.9. The number of nitrogens with zero attached hydrogens (tertiary/aromatic N) is 3. The Hall–Kier alpha value is -2.14. The molecular weight excluding hydrogens is 506 g/mol. The first-order valence-corrected chi connectivity index (χ1v) is 14.1. The highest BCUT2D eigenvalue weighted by Crippen LogP contribution is 2.35. The van der Waals surface area contributed by atoms with Gasteiger partial charge < -0.3 is 14.7 Å². The van der Waals surface area contributed by atoms with Crippen LogP contribution >= 0.6 is 12.4 Å². The van der Waals surface area contributed by atoms with E-state index in [0.717, 1.165) is 49.2 Å². The third kappa shape index (κ3) is 4.88. The zero-order chi connectivity index (χ0) is 24.7. The highest BCUT2D eigenvalue weighted by atomic mass is 35.5. The molecule has 198 valence electrons. The average molecular weight is 540 g/mol. The molecule has 0 radical (unpaired) electrons. The standard InChI is InChI=1S/C25H33N3O6S.ClH/c1-2-35(32,33)28-22-6-5-17(24(29)27-10-3-4-18(15-27)25(30)31)14-20(22)21-16-26(11-7-23(21)28)19-8-12-34-13-9-19;/h5-6,14,18-19H,2-4,7-13,15-16H2,1H3,(H,30,31);1H/t18-;/m0./s1. The molecule has 2 fully saturated rings. The van der Waals surface area contributed by atoms with E-state index < -0.39 is 21.9 Å². The predicted molar refractivity (Wildman–Crippen MR) is 138 cm³/mol. The molecule has 1 aromatic carbocycles. The van der Waals surface area contributed by atoms with Crippen LogP contribution in [0.2, 0.25) is 0 Å². The largest absolute Gasteiger partial charge is 0.481 e. The van der Waals surface area contributed by atoms with Crippen molar-refractivity contribution in [3.8, 4) is 0 Å². The molecule has 2 aromatic rings. The number of carbonyl (C=O) groups excluding carboxylic acids is 1. The van der Waals surface area contributed by atoms with Crippen molar-refractivity contribution in [2.45, 2.75) is 51.6 Å². The van der Waals surface area contributed by atoms with Gasteiger partial charge in [-0.1, -0.05) is 0 Å². The molecule has 11 heteroatoms. The van der Waals surface area contributed by atoms with Gasteiger partial charge >= 0.3 is 5.97 Å². The third-order valence-corrected chi connectivity index (χ3v) is 9.49. The number of aromatic nitrogens is 1. The lowest BCUT2D eigenvalue weighted by Crippen LogP contribution is -2.42. The molecule has 3 aliphatic heterocycles. The molecule has 5 rings (SSSR count). The Bertz CT molecular complexity index is 1250. The highest BCUT2D eigenvalue weighted by Gasteiger charge is 2.33. The summed E-state index contributed by atoms with van der Waals surface area (Å²) in [5.74, 6) is -1.62. The average Bonchev–Trinajstić information content (AvgIpc) is 3.22. The Balaban J connectivity index is 0.00000304. The van der Waals surface area contributed by atoms with Gasteiger partial charge in [-0.2, -0.15) is 0 Å². The molecule has 2 saturated heterocycles. The Morgan fingerprint density at radius 1 is 1.14 bits per heavy atom. The van der Waals surface area contributed by atoms with Crippen LogP contribution in [0.4, 0.5) is 0 Å². The number of amides is 1. The van der Waals surface area contributed by atoms with E-state index in [-0.39, 0.29) is 30.6 Å². The molecule has 1 aromatic heterocycles. The highest BCUT2D eigenvalue weighted by molar-refractivity contribution is 7.90. The monoisotopic (exact) mass is 539 g/mol. The van der Waals surface area contributed by atoms with Crippen molar-refractivity contribution < 1.29 is 27.9 Å². The number of carboxylic acid groups (broad SMARTS) is 1. The van der Waals surface area contributed by atoms with Crippen LogP contribution in [0.25, 0.3) is 10.9 Å². The molecule has 9 nitrogen and oxygen atoms in total. The Labute approximate surface area is 217 Å². The smallest absolute Gasteiger partial charge is 0.308 e. The molecule has 0 bridgehead atoms. The topological polar surface area (TPSA) is 109 Å². The molecule has 36 heavy (non-hydrogen) atoms. The predicted octanol–water partition coefficient (Wildman–Crippen LogP) is 2.73. The minimum atomic E-state index is -3.52. The summed E-state index contributed by atoms with van der Waals surface area (Å²) >= 11 is 0. The number of aliphatic carboxylic acids is 1. The lowest BCUT2D eigenvalue weighted by Gasteiger charge is -2.37. The Kier molecular flexibility index (Phi) is 7.99. The first kappa shape index (κ1) is 26.9. The summed E-state index contributed by atoms with van der Waals surface area (Å²) in [6, 6.07) is 5.64. The van der Waals surface area contributed by atoms with Crippen LogP contribution in [0.15, 0.2) is 18.2 Å².